The van der Waals surface area contributed by atoms with Crippen LogP contribution in [-0.2, 0) is 0 Å². The van der Waals surface area contributed by atoms with Crippen molar-refractivity contribution in [1.82, 2.24) is 0 Å². The molecule has 0 heterocycles. The quantitative estimate of drug-likeness (QED) is 0.738. The van der Waals surface area contributed by atoms with Crippen molar-refractivity contribution in [3.63, 3.8) is 0 Å². The van der Waals surface area contributed by atoms with E-state index in [2.05, 4.69) is 5.32 Å². The molecule has 0 atom stereocenters. The summed E-state index contributed by atoms with van der Waals surface area (Å²) in [5.74, 6) is -1.12. The van der Waals surface area contributed by atoms with Gasteiger partial charge in [-0.15, -0.1) is 0 Å². The predicted molar refractivity (Wildman–Crippen MR) is 82.3 cm³/mol. The Hall–Kier alpha value is -1.91. The first-order valence-corrected chi connectivity index (χ1v) is 6.49. The molecule has 0 saturated carbocycles. The molecule has 104 valence electrons. The Morgan fingerprint density at radius 3 is 2.50 bits per heavy atom. The van der Waals surface area contributed by atoms with Gasteiger partial charge in [0.1, 0.15) is 0 Å². The number of carbonyl (C=O) groups is 1. The van der Waals surface area contributed by atoms with E-state index in [0.29, 0.717) is 10.7 Å². The number of hydrogen-bond donors (Lipinski definition) is 3. The van der Waals surface area contributed by atoms with E-state index in [9.17, 15) is 9.90 Å². The normalized spacial score (nSPS) is 10.3. The summed E-state index contributed by atoms with van der Waals surface area (Å²) in [6.45, 7) is 1.91. The lowest BCUT2D eigenvalue weighted by Crippen LogP contribution is -2.05. The van der Waals surface area contributed by atoms with E-state index in [4.69, 9.17) is 28.9 Å². The van der Waals surface area contributed by atoms with E-state index in [-0.39, 0.29) is 22.0 Å². The molecule has 0 spiro atoms. The van der Waals surface area contributed by atoms with Gasteiger partial charge in [0.25, 0.3) is 0 Å². The van der Waals surface area contributed by atoms with Crippen molar-refractivity contribution in [2.24, 2.45) is 0 Å². The number of nitrogen functional groups attached to an aromatic ring is 1. The Labute approximate surface area is 126 Å². The fourth-order valence-electron chi connectivity index (χ4n) is 1.78. The molecule has 0 aliphatic carbocycles. The number of aromatic carboxylic acids is 1. The summed E-state index contributed by atoms with van der Waals surface area (Å²) in [6.07, 6.45) is 0. The summed E-state index contributed by atoms with van der Waals surface area (Å²) in [6, 6.07) is 8.22. The topological polar surface area (TPSA) is 75.3 Å². The van der Waals surface area contributed by atoms with Crippen molar-refractivity contribution in [1.29, 1.82) is 0 Å². The van der Waals surface area contributed by atoms with Crippen LogP contribution in [0.2, 0.25) is 10.0 Å². The zero-order chi connectivity index (χ0) is 14.9. The minimum absolute atomic E-state index is 0.00774. The summed E-state index contributed by atoms with van der Waals surface area (Å²) in [5.41, 5.74) is 7.73. The van der Waals surface area contributed by atoms with Crippen LogP contribution < -0.4 is 11.1 Å². The van der Waals surface area contributed by atoms with Gasteiger partial charge in [0.15, 0.2) is 0 Å². The number of nitrogens with two attached hydrogens (primary N) is 1. The Morgan fingerprint density at radius 2 is 1.90 bits per heavy atom. The van der Waals surface area contributed by atoms with Gasteiger partial charge in [-0.3, -0.25) is 0 Å². The van der Waals surface area contributed by atoms with Gasteiger partial charge >= 0.3 is 5.97 Å². The molecule has 0 unspecified atom stereocenters. The summed E-state index contributed by atoms with van der Waals surface area (Å²) in [4.78, 5) is 11.3. The van der Waals surface area contributed by atoms with Gasteiger partial charge in [-0.1, -0.05) is 29.3 Å². The van der Waals surface area contributed by atoms with Crippen molar-refractivity contribution in [3.8, 4) is 0 Å². The second kappa shape index (κ2) is 5.61. The van der Waals surface area contributed by atoms with Gasteiger partial charge in [0.05, 0.1) is 27.0 Å². The summed E-state index contributed by atoms with van der Waals surface area (Å²) < 4.78 is 0. The number of nitrogens with one attached hydrogen (secondary N) is 1. The molecular weight excluding hydrogens is 299 g/mol. The lowest BCUT2D eigenvalue weighted by molar-refractivity contribution is 0.0698. The lowest BCUT2D eigenvalue weighted by Gasteiger charge is -2.14. The van der Waals surface area contributed by atoms with Crippen LogP contribution in [0.5, 0.6) is 0 Å². The van der Waals surface area contributed by atoms with E-state index in [0.717, 1.165) is 5.56 Å². The first kappa shape index (κ1) is 14.5. The Morgan fingerprint density at radius 1 is 1.20 bits per heavy atom. The van der Waals surface area contributed by atoms with Crippen molar-refractivity contribution in [2.75, 3.05) is 11.1 Å². The number of rotatable bonds is 3. The smallest absolute Gasteiger partial charge is 0.337 e. The van der Waals surface area contributed by atoms with E-state index in [1.54, 1.807) is 12.1 Å². The summed E-state index contributed by atoms with van der Waals surface area (Å²) in [7, 11) is 0. The van der Waals surface area contributed by atoms with Crippen LogP contribution in [0.3, 0.4) is 0 Å². The molecule has 4 N–H and O–H groups in total. The van der Waals surface area contributed by atoms with Crippen molar-refractivity contribution < 1.29 is 9.90 Å². The van der Waals surface area contributed by atoms with Crippen LogP contribution in [0.4, 0.5) is 17.1 Å². The fourth-order valence-corrected chi connectivity index (χ4v) is 2.34. The first-order chi connectivity index (χ1) is 9.38. The monoisotopic (exact) mass is 310 g/mol. The molecule has 0 saturated heterocycles. The molecule has 2 rings (SSSR count). The highest BCUT2D eigenvalue weighted by atomic mass is 35.5. The van der Waals surface area contributed by atoms with E-state index < -0.39 is 5.97 Å². The molecule has 20 heavy (non-hydrogen) atoms. The van der Waals surface area contributed by atoms with Crippen molar-refractivity contribution in [3.05, 3.63) is 51.5 Å². The number of aryl methyl sites for hydroxylation is 1. The maximum atomic E-state index is 11.3. The molecule has 4 nitrogen and oxygen atoms in total. The van der Waals surface area contributed by atoms with E-state index in [1.807, 2.05) is 13.0 Å². The van der Waals surface area contributed by atoms with Gasteiger partial charge in [0, 0.05) is 5.69 Å². The van der Waals surface area contributed by atoms with Crippen LogP contribution in [0.15, 0.2) is 30.3 Å². The number of carboxylic acid groups (broad SMARTS) is 1. The lowest BCUT2D eigenvalue weighted by atomic mass is 10.1. The van der Waals surface area contributed by atoms with Gasteiger partial charge < -0.3 is 16.2 Å². The maximum absolute atomic E-state index is 11.3. The van der Waals surface area contributed by atoms with Crippen molar-refractivity contribution in [2.45, 2.75) is 6.92 Å². The van der Waals surface area contributed by atoms with Gasteiger partial charge in [-0.25, -0.2) is 4.79 Å². The number of hydrogen-bond acceptors (Lipinski definition) is 3. The minimum atomic E-state index is -1.12. The maximum Gasteiger partial charge on any atom is 0.337 e. The minimum Gasteiger partial charge on any atom is -0.478 e. The van der Waals surface area contributed by atoms with E-state index >= 15 is 0 Å². The number of benzene rings is 2. The number of carboxylic acids is 1. The third kappa shape index (κ3) is 2.98. The molecule has 0 aromatic heterocycles. The molecule has 2 aromatic rings. The third-order valence-corrected chi connectivity index (χ3v) is 3.34. The van der Waals surface area contributed by atoms with Crippen LogP contribution in [0, 0.1) is 6.92 Å². The third-order valence-electron chi connectivity index (χ3n) is 2.73. The highest BCUT2D eigenvalue weighted by Gasteiger charge is 2.16. The molecule has 0 amide bonds. The molecule has 2 aromatic carbocycles. The average Bonchev–Trinajstić information content (AvgIpc) is 2.34. The average molecular weight is 311 g/mol. The summed E-state index contributed by atoms with van der Waals surface area (Å²) in [5, 5.41) is 12.9. The Kier molecular flexibility index (Phi) is 4.06. The molecule has 0 fully saturated rings. The standard InChI is InChI=1S/C14H12Cl2N2O2/c1-7-2-3-12(10(15)4-7)18-13-9(14(19)20)5-8(17)6-11(13)16/h2-6,18H,17H2,1H3,(H,19,20). The van der Waals surface area contributed by atoms with Crippen LogP contribution in [0.1, 0.15) is 15.9 Å². The zero-order valence-electron chi connectivity index (χ0n) is 10.6. The molecule has 6 heteroatoms. The fraction of sp³-hybridized carbons (Fsp3) is 0.0714. The summed E-state index contributed by atoms with van der Waals surface area (Å²) >= 11 is 12.2. The predicted octanol–water partition coefficient (Wildman–Crippen LogP) is 4.33. The van der Waals surface area contributed by atoms with Gasteiger partial charge in [-0.05, 0) is 36.8 Å². The number of anilines is 3. The second-order valence-electron chi connectivity index (χ2n) is 4.34. The van der Waals surface area contributed by atoms with Crippen LogP contribution in [-0.4, -0.2) is 11.1 Å². The largest absolute Gasteiger partial charge is 0.478 e. The number of halogens is 2. The van der Waals surface area contributed by atoms with Gasteiger partial charge in [-0.2, -0.15) is 0 Å². The van der Waals surface area contributed by atoms with E-state index in [1.165, 1.54) is 12.1 Å². The molecule has 0 bridgehead atoms. The molecule has 0 aliphatic heterocycles. The highest BCUT2D eigenvalue weighted by molar-refractivity contribution is 6.35. The zero-order valence-corrected chi connectivity index (χ0v) is 12.1. The second-order valence-corrected chi connectivity index (χ2v) is 5.15. The molecule has 0 aliphatic rings. The Bertz CT molecular complexity index is 687. The van der Waals surface area contributed by atoms with Gasteiger partial charge in [0.2, 0.25) is 0 Å². The van der Waals surface area contributed by atoms with Crippen LogP contribution in [0.25, 0.3) is 0 Å². The first-order valence-electron chi connectivity index (χ1n) is 5.74. The molecule has 0 radical (unpaired) electrons. The van der Waals surface area contributed by atoms with Crippen molar-refractivity contribution >= 4 is 46.2 Å². The highest BCUT2D eigenvalue weighted by Crippen LogP contribution is 2.34. The molecular formula is C14H12Cl2N2O2. The van der Waals surface area contributed by atoms with Crippen LogP contribution >= 0.6 is 23.2 Å². The Balaban J connectivity index is 2.50. The SMILES string of the molecule is Cc1ccc(Nc2c(Cl)cc(N)cc2C(=O)O)c(Cl)c1.